The Morgan fingerprint density at radius 2 is 2.16 bits per heavy atom. The van der Waals surface area contributed by atoms with Crippen molar-refractivity contribution in [2.24, 2.45) is 0 Å². The minimum absolute atomic E-state index is 0.0186. The van der Waals surface area contributed by atoms with Crippen molar-refractivity contribution in [2.75, 3.05) is 12.9 Å². The fourth-order valence-electron chi connectivity index (χ4n) is 3.61. The molecule has 0 aromatic heterocycles. The summed E-state index contributed by atoms with van der Waals surface area (Å²) < 4.78 is 5.01. The lowest BCUT2D eigenvalue weighted by molar-refractivity contribution is -0.122. The van der Waals surface area contributed by atoms with E-state index in [1.165, 1.54) is 7.11 Å². The predicted molar refractivity (Wildman–Crippen MR) is 96.2 cm³/mol. The zero-order chi connectivity index (χ0) is 17.8. The Labute approximate surface area is 151 Å². The van der Waals surface area contributed by atoms with Crippen LogP contribution in [0.4, 0.5) is 4.79 Å². The van der Waals surface area contributed by atoms with Crippen molar-refractivity contribution in [2.45, 2.75) is 49.2 Å². The van der Waals surface area contributed by atoms with Crippen LogP contribution in [0.5, 0.6) is 0 Å². The van der Waals surface area contributed by atoms with E-state index >= 15 is 0 Å². The number of hydrogen-bond donors (Lipinski definition) is 2. The van der Waals surface area contributed by atoms with Gasteiger partial charge < -0.3 is 15.2 Å². The summed E-state index contributed by atoms with van der Waals surface area (Å²) in [6, 6.07) is 9.20. The zero-order valence-corrected chi connectivity index (χ0v) is 15.1. The van der Waals surface area contributed by atoms with Crippen LogP contribution >= 0.6 is 11.8 Å². The minimum atomic E-state index is -0.546. The first-order chi connectivity index (χ1) is 12.1. The van der Waals surface area contributed by atoms with Gasteiger partial charge in [0.15, 0.2) is 0 Å². The van der Waals surface area contributed by atoms with Gasteiger partial charge in [-0.3, -0.25) is 9.69 Å². The molecule has 4 atom stereocenters. The molecule has 0 spiro atoms. The molecule has 7 heteroatoms. The molecule has 1 aromatic carbocycles. The van der Waals surface area contributed by atoms with Crippen LogP contribution in [0.15, 0.2) is 30.3 Å². The number of rotatable bonds is 3. The summed E-state index contributed by atoms with van der Waals surface area (Å²) in [6.45, 7) is 0.383. The van der Waals surface area contributed by atoms with Crippen LogP contribution in [-0.2, 0) is 16.1 Å². The summed E-state index contributed by atoms with van der Waals surface area (Å²) in [6.07, 6.45) is 0.645. The first-order valence-corrected chi connectivity index (χ1v) is 9.62. The molecule has 25 heavy (non-hydrogen) atoms. The molecule has 136 valence electrons. The molecule has 6 nitrogen and oxygen atoms in total. The number of hydrogen-bond acceptors (Lipinski definition) is 5. The Hall–Kier alpha value is -1.73. The lowest BCUT2D eigenvalue weighted by Gasteiger charge is -2.36. The first kappa shape index (κ1) is 18.1. The monoisotopic (exact) mass is 364 g/mol. The second-order valence-electron chi connectivity index (χ2n) is 6.51. The Kier molecular flexibility index (Phi) is 5.86. The Bertz CT molecular complexity index is 612. The highest BCUT2D eigenvalue weighted by Crippen LogP contribution is 2.36. The molecule has 2 N–H and O–H groups in total. The molecule has 2 saturated heterocycles. The molecule has 0 radical (unpaired) electrons. The predicted octanol–water partition coefficient (Wildman–Crippen LogP) is 1.77. The maximum Gasteiger partial charge on any atom is 0.410 e. The summed E-state index contributed by atoms with van der Waals surface area (Å²) in [5.41, 5.74) is 0.984. The number of nitrogens with zero attached hydrogens (tertiary/aromatic N) is 1. The number of methoxy groups -OCH3 is 1. The van der Waals surface area contributed by atoms with Crippen molar-refractivity contribution < 1.29 is 19.4 Å². The third kappa shape index (κ3) is 4.10. The van der Waals surface area contributed by atoms with Gasteiger partial charge in [-0.05, 0) is 18.4 Å². The Morgan fingerprint density at radius 3 is 2.88 bits per heavy atom. The van der Waals surface area contributed by atoms with Gasteiger partial charge in [0.05, 0.1) is 30.5 Å². The SMILES string of the molecule is COC(=O)N(Cc1ccccc1)C1C2SC[C@@H]1NC(=O)CCC[C@H]2O. The van der Waals surface area contributed by atoms with Gasteiger partial charge in [0.1, 0.15) is 0 Å². The topological polar surface area (TPSA) is 78.9 Å². The van der Waals surface area contributed by atoms with Gasteiger partial charge in [-0.15, -0.1) is 0 Å². The van der Waals surface area contributed by atoms with Crippen LogP contribution in [0.1, 0.15) is 24.8 Å². The highest BCUT2D eigenvalue weighted by Gasteiger charge is 2.47. The number of aliphatic hydroxyl groups excluding tert-OH is 1. The third-order valence-corrected chi connectivity index (χ3v) is 6.34. The largest absolute Gasteiger partial charge is 0.453 e. The van der Waals surface area contributed by atoms with Crippen LogP contribution in [0.2, 0.25) is 0 Å². The van der Waals surface area contributed by atoms with E-state index in [0.717, 1.165) is 5.56 Å². The number of aliphatic hydroxyl groups is 1. The quantitative estimate of drug-likeness (QED) is 0.855. The van der Waals surface area contributed by atoms with Crippen molar-refractivity contribution in [1.29, 1.82) is 0 Å². The van der Waals surface area contributed by atoms with Crippen LogP contribution in [0.25, 0.3) is 0 Å². The van der Waals surface area contributed by atoms with Gasteiger partial charge >= 0.3 is 6.09 Å². The third-order valence-electron chi connectivity index (χ3n) is 4.81. The highest BCUT2D eigenvalue weighted by atomic mass is 32.2. The fraction of sp³-hybridized carbons (Fsp3) is 0.556. The molecule has 2 unspecified atom stereocenters. The molecule has 2 fully saturated rings. The molecule has 2 aliphatic heterocycles. The summed E-state index contributed by atoms with van der Waals surface area (Å²) in [4.78, 5) is 26.3. The smallest absolute Gasteiger partial charge is 0.410 e. The Balaban J connectivity index is 1.91. The van der Waals surface area contributed by atoms with Gasteiger partial charge in [0.25, 0.3) is 0 Å². The molecule has 2 aliphatic rings. The van der Waals surface area contributed by atoms with Crippen molar-refractivity contribution >= 4 is 23.8 Å². The average molecular weight is 364 g/mol. The number of ether oxygens (including phenoxy) is 1. The fourth-order valence-corrected chi connectivity index (χ4v) is 5.21. The average Bonchev–Trinajstić information content (AvgIpc) is 3.04. The van der Waals surface area contributed by atoms with Crippen molar-refractivity contribution in [1.82, 2.24) is 10.2 Å². The molecular weight excluding hydrogens is 340 g/mol. The summed E-state index contributed by atoms with van der Waals surface area (Å²) in [5.74, 6) is 0.662. The molecule has 2 amide bonds. The van der Waals surface area contributed by atoms with E-state index in [4.69, 9.17) is 4.74 Å². The normalized spacial score (nSPS) is 29.1. The second-order valence-corrected chi connectivity index (χ2v) is 7.72. The van der Waals surface area contributed by atoms with Crippen molar-refractivity contribution in [3.63, 3.8) is 0 Å². The minimum Gasteiger partial charge on any atom is -0.453 e. The van der Waals surface area contributed by atoms with E-state index < -0.39 is 12.2 Å². The van der Waals surface area contributed by atoms with E-state index in [-0.39, 0.29) is 23.2 Å². The first-order valence-electron chi connectivity index (χ1n) is 8.57. The van der Waals surface area contributed by atoms with E-state index in [9.17, 15) is 14.7 Å². The van der Waals surface area contributed by atoms with Gasteiger partial charge in [0, 0.05) is 18.7 Å². The molecular formula is C18H24N2O4S. The number of carbonyl (C=O) groups excluding carboxylic acids is 2. The molecule has 2 bridgehead atoms. The number of nitrogens with one attached hydrogen (secondary N) is 1. The van der Waals surface area contributed by atoms with Crippen LogP contribution < -0.4 is 5.32 Å². The number of thioether (sulfide) groups is 1. The maximum atomic E-state index is 12.5. The van der Waals surface area contributed by atoms with Gasteiger partial charge in [-0.2, -0.15) is 11.8 Å². The number of amides is 2. The zero-order valence-electron chi connectivity index (χ0n) is 14.3. The van der Waals surface area contributed by atoms with E-state index in [1.807, 2.05) is 30.3 Å². The standard InChI is InChI=1S/C18H24N2O4S/c1-24-18(23)20(10-12-6-3-2-4-7-12)16-13-11-25-17(16)14(21)8-5-9-15(22)19-13/h2-4,6-7,13-14,16-17,21H,5,8-11H2,1H3,(H,19,22)/t13-,14+,16?,17?/m0/s1. The molecule has 2 heterocycles. The molecule has 0 aliphatic carbocycles. The lowest BCUT2D eigenvalue weighted by Crippen LogP contribution is -2.56. The molecule has 0 saturated carbocycles. The number of fused-ring (bicyclic) bond motifs is 2. The van der Waals surface area contributed by atoms with Gasteiger partial charge in [0.2, 0.25) is 5.91 Å². The number of carbonyl (C=O) groups is 2. The van der Waals surface area contributed by atoms with Crippen molar-refractivity contribution in [3.8, 4) is 0 Å². The lowest BCUT2D eigenvalue weighted by atomic mass is 9.98. The maximum absolute atomic E-state index is 12.5. The van der Waals surface area contributed by atoms with Gasteiger partial charge in [-0.1, -0.05) is 30.3 Å². The summed E-state index contributed by atoms with van der Waals surface area (Å²) >= 11 is 1.62. The van der Waals surface area contributed by atoms with E-state index in [1.54, 1.807) is 16.7 Å². The second kappa shape index (κ2) is 8.10. The van der Waals surface area contributed by atoms with Crippen LogP contribution in [0, 0.1) is 0 Å². The Morgan fingerprint density at radius 1 is 1.40 bits per heavy atom. The molecule has 3 rings (SSSR count). The number of benzene rings is 1. The summed E-state index contributed by atoms with van der Waals surface area (Å²) in [7, 11) is 1.36. The van der Waals surface area contributed by atoms with Crippen LogP contribution in [-0.4, -0.2) is 58.3 Å². The van der Waals surface area contributed by atoms with E-state index in [0.29, 0.717) is 31.6 Å². The summed E-state index contributed by atoms with van der Waals surface area (Å²) in [5, 5.41) is 13.5. The molecule has 1 aromatic rings. The van der Waals surface area contributed by atoms with Crippen molar-refractivity contribution in [3.05, 3.63) is 35.9 Å². The van der Waals surface area contributed by atoms with Gasteiger partial charge in [-0.25, -0.2) is 4.79 Å². The van der Waals surface area contributed by atoms with E-state index in [2.05, 4.69) is 5.32 Å². The highest BCUT2D eigenvalue weighted by molar-refractivity contribution is 8.00. The van der Waals surface area contributed by atoms with Crippen LogP contribution in [0.3, 0.4) is 0 Å².